The van der Waals surface area contributed by atoms with E-state index < -0.39 is 4.92 Å². The maximum absolute atomic E-state index is 10.7. The number of rotatable bonds is 4. The summed E-state index contributed by atoms with van der Waals surface area (Å²) < 4.78 is 0.497. The second-order valence-electron chi connectivity index (χ2n) is 3.00. The zero-order valence-electron chi connectivity index (χ0n) is 7.98. The fourth-order valence-electron chi connectivity index (χ4n) is 0.998. The average molecular weight is 276 g/mol. The highest BCUT2D eigenvalue weighted by atomic mass is 79.9. The van der Waals surface area contributed by atoms with Crippen LogP contribution in [-0.2, 0) is 0 Å². The molecule has 0 unspecified atom stereocenters. The van der Waals surface area contributed by atoms with E-state index in [2.05, 4.69) is 26.2 Å². The van der Waals surface area contributed by atoms with E-state index in [1.807, 2.05) is 0 Å². The number of aromatic nitrogens is 1. The summed E-state index contributed by atoms with van der Waals surface area (Å²) in [4.78, 5) is 13.9. The van der Waals surface area contributed by atoms with E-state index in [1.165, 1.54) is 6.20 Å². The molecule has 1 heterocycles. The van der Waals surface area contributed by atoms with Gasteiger partial charge in [0.15, 0.2) is 0 Å². The van der Waals surface area contributed by atoms with Gasteiger partial charge in [0.25, 0.3) is 0 Å². The quantitative estimate of drug-likeness (QED) is 0.643. The number of aliphatic hydroxyl groups excluding tert-OH is 1. The Kier molecular flexibility index (Phi) is 3.98. The molecule has 2 N–H and O–H groups in total. The van der Waals surface area contributed by atoms with E-state index in [4.69, 9.17) is 5.11 Å². The predicted octanol–water partition coefficient (Wildman–Crippen LogP) is 1.54. The third-order valence-corrected chi connectivity index (χ3v) is 2.34. The summed E-state index contributed by atoms with van der Waals surface area (Å²) in [5, 5.41) is 22.4. The van der Waals surface area contributed by atoms with Crippen molar-refractivity contribution >= 4 is 27.3 Å². The fourth-order valence-corrected chi connectivity index (χ4v) is 1.43. The van der Waals surface area contributed by atoms with Crippen LogP contribution in [0, 0.1) is 10.1 Å². The molecule has 0 radical (unpaired) electrons. The van der Waals surface area contributed by atoms with Gasteiger partial charge in [0.1, 0.15) is 11.9 Å². The van der Waals surface area contributed by atoms with Gasteiger partial charge >= 0.3 is 5.69 Å². The summed E-state index contributed by atoms with van der Waals surface area (Å²) in [6.45, 7) is 1.61. The van der Waals surface area contributed by atoms with Crippen molar-refractivity contribution in [2.24, 2.45) is 0 Å². The minimum absolute atomic E-state index is 0.105. The fraction of sp³-hybridized carbons (Fsp3) is 0.375. The molecule has 15 heavy (non-hydrogen) atoms. The number of hydrogen-bond donors (Lipinski definition) is 2. The maximum atomic E-state index is 10.7. The molecule has 82 valence electrons. The minimum Gasteiger partial charge on any atom is -0.394 e. The van der Waals surface area contributed by atoms with Crippen LogP contribution in [0.1, 0.15) is 6.92 Å². The first-order chi connectivity index (χ1) is 7.06. The van der Waals surface area contributed by atoms with Gasteiger partial charge in [-0.15, -0.1) is 0 Å². The van der Waals surface area contributed by atoms with Gasteiger partial charge in [0.2, 0.25) is 0 Å². The Bertz CT molecular complexity index is 372. The van der Waals surface area contributed by atoms with Crippen molar-refractivity contribution in [2.75, 3.05) is 11.9 Å². The molecule has 0 aliphatic rings. The Morgan fingerprint density at radius 1 is 1.73 bits per heavy atom. The van der Waals surface area contributed by atoms with Crippen LogP contribution >= 0.6 is 15.9 Å². The highest BCUT2D eigenvalue weighted by molar-refractivity contribution is 9.10. The summed E-state index contributed by atoms with van der Waals surface area (Å²) in [6, 6.07) is -0.262. The van der Waals surface area contributed by atoms with Crippen molar-refractivity contribution in [3.8, 4) is 0 Å². The molecule has 0 bridgehead atoms. The van der Waals surface area contributed by atoms with Crippen molar-refractivity contribution in [1.29, 1.82) is 0 Å². The molecular formula is C8H10BrN3O3. The van der Waals surface area contributed by atoms with Crippen LogP contribution < -0.4 is 5.32 Å². The minimum atomic E-state index is -0.524. The van der Waals surface area contributed by atoms with Crippen molar-refractivity contribution in [3.63, 3.8) is 0 Å². The van der Waals surface area contributed by atoms with E-state index in [9.17, 15) is 10.1 Å². The summed E-state index contributed by atoms with van der Waals surface area (Å²) in [5.74, 6) is 0. The highest BCUT2D eigenvalue weighted by Crippen LogP contribution is 2.31. The molecule has 1 rings (SSSR count). The number of nitrogens with zero attached hydrogens (tertiary/aromatic N) is 2. The Hall–Kier alpha value is -1.21. The molecule has 7 heteroatoms. The average Bonchev–Trinajstić information content (AvgIpc) is 2.20. The standard InChI is InChI=1S/C8H10BrN3O3/c1-5(4-13)11-8-6(9)2-10-3-7(8)12(14)15/h2-3,5,13H,4H2,1H3,(H,10,11)/t5-/m0/s1. The summed E-state index contributed by atoms with van der Waals surface area (Å²) in [6.07, 6.45) is 2.62. The van der Waals surface area contributed by atoms with Crippen molar-refractivity contribution in [2.45, 2.75) is 13.0 Å². The van der Waals surface area contributed by atoms with Crippen molar-refractivity contribution in [1.82, 2.24) is 4.98 Å². The topological polar surface area (TPSA) is 88.3 Å². The molecule has 1 aromatic rings. The van der Waals surface area contributed by atoms with Gasteiger partial charge in [0.05, 0.1) is 16.0 Å². The van der Waals surface area contributed by atoms with Gasteiger partial charge in [-0.3, -0.25) is 15.1 Å². The van der Waals surface area contributed by atoms with Gasteiger partial charge < -0.3 is 10.4 Å². The lowest BCUT2D eigenvalue weighted by atomic mass is 10.3. The third kappa shape index (κ3) is 2.87. The van der Waals surface area contributed by atoms with Crippen LogP contribution in [0.15, 0.2) is 16.9 Å². The molecule has 1 aromatic heterocycles. The number of anilines is 1. The third-order valence-electron chi connectivity index (χ3n) is 1.74. The molecular weight excluding hydrogens is 266 g/mol. The number of aliphatic hydroxyl groups is 1. The predicted molar refractivity (Wildman–Crippen MR) is 58.8 cm³/mol. The number of hydrogen-bond acceptors (Lipinski definition) is 5. The van der Waals surface area contributed by atoms with Gasteiger partial charge in [-0.2, -0.15) is 0 Å². The van der Waals surface area contributed by atoms with E-state index in [1.54, 1.807) is 6.92 Å². The molecule has 0 saturated heterocycles. The molecule has 1 atom stereocenters. The van der Waals surface area contributed by atoms with Crippen LogP contribution in [-0.4, -0.2) is 27.7 Å². The van der Waals surface area contributed by atoms with Crippen LogP contribution in [0.2, 0.25) is 0 Å². The Morgan fingerprint density at radius 2 is 2.40 bits per heavy atom. The lowest BCUT2D eigenvalue weighted by Gasteiger charge is -2.13. The molecule has 6 nitrogen and oxygen atoms in total. The first-order valence-corrected chi connectivity index (χ1v) is 5.00. The van der Waals surface area contributed by atoms with Gasteiger partial charge in [-0.1, -0.05) is 0 Å². The lowest BCUT2D eigenvalue weighted by Crippen LogP contribution is -2.20. The number of pyridine rings is 1. The second kappa shape index (κ2) is 5.04. The molecule has 0 fully saturated rings. The summed E-state index contributed by atoms with van der Waals surface area (Å²) >= 11 is 3.16. The van der Waals surface area contributed by atoms with E-state index in [0.29, 0.717) is 10.2 Å². The number of nitrogens with one attached hydrogen (secondary N) is 1. The van der Waals surface area contributed by atoms with E-state index in [-0.39, 0.29) is 18.3 Å². The van der Waals surface area contributed by atoms with E-state index >= 15 is 0 Å². The SMILES string of the molecule is C[C@@H](CO)Nc1c(Br)cncc1[N+](=O)[O-]. The maximum Gasteiger partial charge on any atom is 0.311 e. The van der Waals surface area contributed by atoms with Gasteiger partial charge in [-0.05, 0) is 22.9 Å². The van der Waals surface area contributed by atoms with Crippen LogP contribution in [0.3, 0.4) is 0 Å². The molecule has 0 aliphatic carbocycles. The van der Waals surface area contributed by atoms with Crippen LogP contribution in [0.4, 0.5) is 11.4 Å². The molecule has 0 spiro atoms. The van der Waals surface area contributed by atoms with Crippen LogP contribution in [0.25, 0.3) is 0 Å². The largest absolute Gasteiger partial charge is 0.394 e. The second-order valence-corrected chi connectivity index (χ2v) is 3.85. The molecule has 0 saturated carbocycles. The normalized spacial score (nSPS) is 12.2. The summed E-state index contributed by atoms with van der Waals surface area (Å²) in [7, 11) is 0. The van der Waals surface area contributed by atoms with Crippen molar-refractivity contribution < 1.29 is 10.0 Å². The Morgan fingerprint density at radius 3 is 2.93 bits per heavy atom. The molecule has 0 aliphatic heterocycles. The smallest absolute Gasteiger partial charge is 0.311 e. The molecule has 0 aromatic carbocycles. The number of halogens is 1. The zero-order valence-corrected chi connectivity index (χ0v) is 9.56. The van der Waals surface area contributed by atoms with Crippen LogP contribution in [0.5, 0.6) is 0 Å². The number of nitro groups is 1. The Balaban J connectivity index is 3.07. The highest BCUT2D eigenvalue weighted by Gasteiger charge is 2.18. The lowest BCUT2D eigenvalue weighted by molar-refractivity contribution is -0.384. The first kappa shape index (κ1) is 11.9. The van der Waals surface area contributed by atoms with Gasteiger partial charge in [-0.25, -0.2) is 0 Å². The molecule has 0 amide bonds. The zero-order chi connectivity index (χ0) is 11.4. The Labute approximate surface area is 94.6 Å². The first-order valence-electron chi connectivity index (χ1n) is 4.21. The summed E-state index contributed by atoms with van der Waals surface area (Å²) in [5.41, 5.74) is 0.209. The monoisotopic (exact) mass is 275 g/mol. The van der Waals surface area contributed by atoms with Crippen molar-refractivity contribution in [3.05, 3.63) is 27.0 Å². The van der Waals surface area contributed by atoms with Gasteiger partial charge in [0, 0.05) is 12.2 Å². The van der Waals surface area contributed by atoms with E-state index in [0.717, 1.165) is 6.20 Å².